The van der Waals surface area contributed by atoms with E-state index >= 15 is 0 Å². The number of alkyl halides is 2. The quantitative estimate of drug-likeness (QED) is 0.815. The molecule has 4 heteroatoms. The Hall–Kier alpha value is -1.16. The predicted molar refractivity (Wildman–Crippen MR) is 55.4 cm³/mol. The monoisotopic (exact) mass is 215 g/mol. The summed E-state index contributed by atoms with van der Waals surface area (Å²) >= 11 is 0. The van der Waals surface area contributed by atoms with Gasteiger partial charge in [0.25, 0.3) is 6.43 Å². The third-order valence-electron chi connectivity index (χ3n) is 2.17. The molecule has 2 nitrogen and oxygen atoms in total. The standard InChI is InChI=1S/C11H15F2NO/c1-8(14-7-11(12)13)9-4-3-5-10(6-9)15-2/h3-6,8,11,14H,7H2,1-2H3/t8-/m0/s1. The Morgan fingerprint density at radius 1 is 1.40 bits per heavy atom. The second kappa shape index (κ2) is 5.66. The van der Waals surface area contributed by atoms with E-state index in [2.05, 4.69) is 5.32 Å². The summed E-state index contributed by atoms with van der Waals surface area (Å²) in [5, 5.41) is 2.74. The molecule has 0 aliphatic heterocycles. The molecule has 1 rings (SSSR count). The summed E-state index contributed by atoms with van der Waals surface area (Å²) in [6.07, 6.45) is -2.32. The smallest absolute Gasteiger partial charge is 0.250 e. The van der Waals surface area contributed by atoms with E-state index in [0.717, 1.165) is 11.3 Å². The Bertz CT molecular complexity index is 304. The van der Waals surface area contributed by atoms with Crippen LogP contribution in [0.2, 0.25) is 0 Å². The van der Waals surface area contributed by atoms with Gasteiger partial charge in [-0.1, -0.05) is 12.1 Å². The molecular weight excluding hydrogens is 200 g/mol. The van der Waals surface area contributed by atoms with Crippen LogP contribution in [-0.2, 0) is 0 Å². The average Bonchev–Trinajstić information content (AvgIpc) is 2.26. The lowest BCUT2D eigenvalue weighted by atomic mass is 10.1. The predicted octanol–water partition coefficient (Wildman–Crippen LogP) is 2.61. The van der Waals surface area contributed by atoms with E-state index < -0.39 is 6.43 Å². The molecule has 84 valence electrons. The molecule has 0 aliphatic carbocycles. The maximum atomic E-state index is 12.0. The summed E-state index contributed by atoms with van der Waals surface area (Å²) in [4.78, 5) is 0. The number of hydrogen-bond acceptors (Lipinski definition) is 2. The highest BCUT2D eigenvalue weighted by Gasteiger charge is 2.08. The first-order valence-corrected chi connectivity index (χ1v) is 4.79. The summed E-state index contributed by atoms with van der Waals surface area (Å²) in [7, 11) is 1.58. The van der Waals surface area contributed by atoms with Crippen LogP contribution >= 0.6 is 0 Å². The third-order valence-corrected chi connectivity index (χ3v) is 2.17. The van der Waals surface area contributed by atoms with Crippen molar-refractivity contribution < 1.29 is 13.5 Å². The Morgan fingerprint density at radius 3 is 2.73 bits per heavy atom. The lowest BCUT2D eigenvalue weighted by molar-refractivity contribution is 0.142. The lowest BCUT2D eigenvalue weighted by Gasteiger charge is -2.14. The summed E-state index contributed by atoms with van der Waals surface area (Å²) in [5.41, 5.74) is 0.940. The zero-order chi connectivity index (χ0) is 11.3. The van der Waals surface area contributed by atoms with Crippen molar-refractivity contribution in [3.05, 3.63) is 29.8 Å². The molecule has 0 amide bonds. The van der Waals surface area contributed by atoms with Gasteiger partial charge in [-0.15, -0.1) is 0 Å². The van der Waals surface area contributed by atoms with Crippen LogP contribution in [0.25, 0.3) is 0 Å². The minimum Gasteiger partial charge on any atom is -0.497 e. The normalized spacial score (nSPS) is 12.9. The lowest BCUT2D eigenvalue weighted by Crippen LogP contribution is -2.24. The van der Waals surface area contributed by atoms with Gasteiger partial charge in [0.1, 0.15) is 5.75 Å². The van der Waals surface area contributed by atoms with Gasteiger partial charge in [-0.05, 0) is 24.6 Å². The molecule has 0 aromatic heterocycles. The molecule has 1 atom stereocenters. The Morgan fingerprint density at radius 2 is 2.13 bits per heavy atom. The van der Waals surface area contributed by atoms with Crippen molar-refractivity contribution in [2.24, 2.45) is 0 Å². The van der Waals surface area contributed by atoms with E-state index in [-0.39, 0.29) is 12.6 Å². The maximum Gasteiger partial charge on any atom is 0.250 e. The van der Waals surface area contributed by atoms with E-state index in [0.29, 0.717) is 0 Å². The van der Waals surface area contributed by atoms with Crippen molar-refractivity contribution in [1.82, 2.24) is 5.32 Å². The number of ether oxygens (including phenoxy) is 1. The Kier molecular flexibility index (Phi) is 4.49. The summed E-state index contributed by atoms with van der Waals surface area (Å²) in [6, 6.07) is 7.28. The number of nitrogens with one attached hydrogen (secondary N) is 1. The fourth-order valence-corrected chi connectivity index (χ4v) is 1.29. The molecule has 0 heterocycles. The molecule has 0 fully saturated rings. The van der Waals surface area contributed by atoms with Crippen LogP contribution in [0, 0.1) is 0 Å². The molecule has 0 aliphatic rings. The topological polar surface area (TPSA) is 21.3 Å². The van der Waals surface area contributed by atoms with Gasteiger partial charge in [0.15, 0.2) is 0 Å². The van der Waals surface area contributed by atoms with Crippen LogP contribution in [0.4, 0.5) is 8.78 Å². The fraction of sp³-hybridized carbons (Fsp3) is 0.455. The highest BCUT2D eigenvalue weighted by Crippen LogP contribution is 2.18. The summed E-state index contributed by atoms with van der Waals surface area (Å²) < 4.78 is 29.0. The molecule has 0 bridgehead atoms. The van der Waals surface area contributed by atoms with Crippen LogP contribution < -0.4 is 10.1 Å². The Balaban J connectivity index is 2.60. The molecule has 0 spiro atoms. The molecule has 0 saturated carbocycles. The van der Waals surface area contributed by atoms with Gasteiger partial charge >= 0.3 is 0 Å². The number of hydrogen-bond donors (Lipinski definition) is 1. The molecule has 0 saturated heterocycles. The first-order valence-electron chi connectivity index (χ1n) is 4.79. The number of halogens is 2. The van der Waals surface area contributed by atoms with E-state index in [1.807, 2.05) is 31.2 Å². The van der Waals surface area contributed by atoms with Crippen LogP contribution in [0.3, 0.4) is 0 Å². The molecule has 15 heavy (non-hydrogen) atoms. The van der Waals surface area contributed by atoms with Crippen molar-refractivity contribution in [2.45, 2.75) is 19.4 Å². The molecule has 1 aromatic carbocycles. The number of rotatable bonds is 5. The van der Waals surface area contributed by atoms with Crippen molar-refractivity contribution in [3.63, 3.8) is 0 Å². The van der Waals surface area contributed by atoms with Crippen molar-refractivity contribution in [3.8, 4) is 5.75 Å². The zero-order valence-electron chi connectivity index (χ0n) is 8.84. The minimum atomic E-state index is -2.32. The first kappa shape index (κ1) is 11.9. The van der Waals surface area contributed by atoms with E-state index in [1.54, 1.807) is 7.11 Å². The van der Waals surface area contributed by atoms with Crippen LogP contribution in [0.1, 0.15) is 18.5 Å². The molecular formula is C11H15F2NO. The zero-order valence-corrected chi connectivity index (χ0v) is 8.84. The third kappa shape index (κ3) is 3.83. The van der Waals surface area contributed by atoms with E-state index in [9.17, 15) is 8.78 Å². The first-order chi connectivity index (χ1) is 7.13. The van der Waals surface area contributed by atoms with Gasteiger partial charge in [0.05, 0.1) is 13.7 Å². The highest BCUT2D eigenvalue weighted by molar-refractivity contribution is 5.30. The van der Waals surface area contributed by atoms with E-state index in [1.165, 1.54) is 0 Å². The average molecular weight is 215 g/mol. The van der Waals surface area contributed by atoms with Gasteiger partial charge in [0.2, 0.25) is 0 Å². The van der Waals surface area contributed by atoms with Gasteiger partial charge in [-0.2, -0.15) is 0 Å². The van der Waals surface area contributed by atoms with Crippen molar-refractivity contribution >= 4 is 0 Å². The fourth-order valence-electron chi connectivity index (χ4n) is 1.29. The summed E-state index contributed by atoms with van der Waals surface area (Å²) in [6.45, 7) is 1.55. The second-order valence-corrected chi connectivity index (χ2v) is 3.30. The van der Waals surface area contributed by atoms with Gasteiger partial charge < -0.3 is 10.1 Å². The maximum absolute atomic E-state index is 12.0. The van der Waals surface area contributed by atoms with Gasteiger partial charge in [-0.3, -0.25) is 0 Å². The number of methoxy groups -OCH3 is 1. The minimum absolute atomic E-state index is 0.103. The van der Waals surface area contributed by atoms with Crippen LogP contribution in [-0.4, -0.2) is 20.1 Å². The highest BCUT2D eigenvalue weighted by atomic mass is 19.3. The molecule has 0 unspecified atom stereocenters. The van der Waals surface area contributed by atoms with Gasteiger partial charge in [0, 0.05) is 6.04 Å². The summed E-state index contributed by atoms with van der Waals surface area (Å²) in [5.74, 6) is 0.734. The van der Waals surface area contributed by atoms with Crippen molar-refractivity contribution in [2.75, 3.05) is 13.7 Å². The van der Waals surface area contributed by atoms with Gasteiger partial charge in [-0.25, -0.2) is 8.78 Å². The Labute approximate surface area is 88.3 Å². The molecule has 0 radical (unpaired) electrons. The second-order valence-electron chi connectivity index (χ2n) is 3.30. The van der Waals surface area contributed by atoms with Crippen LogP contribution in [0.5, 0.6) is 5.75 Å². The molecule has 1 aromatic rings. The SMILES string of the molecule is COc1cccc([C@H](C)NCC(F)F)c1. The van der Waals surface area contributed by atoms with Crippen LogP contribution in [0.15, 0.2) is 24.3 Å². The van der Waals surface area contributed by atoms with Crippen molar-refractivity contribution in [1.29, 1.82) is 0 Å². The molecule has 1 N–H and O–H groups in total. The number of benzene rings is 1. The largest absolute Gasteiger partial charge is 0.497 e. The van der Waals surface area contributed by atoms with E-state index in [4.69, 9.17) is 4.74 Å².